The number of fused-ring (bicyclic) bond motifs is 1. The van der Waals surface area contributed by atoms with Gasteiger partial charge in [-0.2, -0.15) is 0 Å². The van der Waals surface area contributed by atoms with Crippen LogP contribution in [0.2, 0.25) is 0 Å². The third-order valence-corrected chi connectivity index (χ3v) is 6.29. The van der Waals surface area contributed by atoms with Crippen molar-refractivity contribution < 1.29 is 19.0 Å². The first-order chi connectivity index (χ1) is 14.3. The maximum atomic E-state index is 12.5. The van der Waals surface area contributed by atoms with E-state index in [0.29, 0.717) is 13.1 Å². The number of amides is 1. The molecule has 1 amide bonds. The first-order valence-electron chi connectivity index (χ1n) is 10.4. The van der Waals surface area contributed by atoms with Gasteiger partial charge in [-0.15, -0.1) is 11.8 Å². The summed E-state index contributed by atoms with van der Waals surface area (Å²) in [5.41, 5.74) is 0.514. The van der Waals surface area contributed by atoms with Crippen LogP contribution < -0.4 is 9.47 Å². The van der Waals surface area contributed by atoms with Gasteiger partial charge in [-0.1, -0.05) is 24.3 Å². The molecule has 0 N–H and O–H groups in total. The summed E-state index contributed by atoms with van der Waals surface area (Å²) in [7, 11) is 0. The predicted molar refractivity (Wildman–Crippen MR) is 118 cm³/mol. The van der Waals surface area contributed by atoms with Crippen molar-refractivity contribution in [3.63, 3.8) is 0 Å². The van der Waals surface area contributed by atoms with Crippen LogP contribution in [0, 0.1) is 5.92 Å². The fraction of sp³-hybridized carbons (Fsp3) is 0.458. The number of ether oxygens (including phenoxy) is 3. The molecular weight excluding hydrogens is 398 g/mol. The lowest BCUT2D eigenvalue weighted by molar-refractivity contribution is -0.148. The van der Waals surface area contributed by atoms with Crippen LogP contribution in [0.5, 0.6) is 11.5 Å². The Morgan fingerprint density at radius 2 is 1.60 bits per heavy atom. The Labute approximate surface area is 182 Å². The molecule has 2 aromatic carbocycles. The minimum Gasteiger partial charge on any atom is -0.444 e. The van der Waals surface area contributed by atoms with Crippen molar-refractivity contribution in [3.8, 4) is 11.5 Å². The van der Waals surface area contributed by atoms with Gasteiger partial charge in [0.1, 0.15) is 5.60 Å². The Morgan fingerprint density at radius 3 is 2.10 bits per heavy atom. The number of benzene rings is 2. The number of nitrogens with zero attached hydrogens (tertiary/aromatic N) is 1. The van der Waals surface area contributed by atoms with Crippen LogP contribution in [-0.4, -0.2) is 35.9 Å². The van der Waals surface area contributed by atoms with Crippen LogP contribution in [0.3, 0.4) is 0 Å². The van der Waals surface area contributed by atoms with Gasteiger partial charge in [0.25, 0.3) is 5.79 Å². The Bertz CT molecular complexity index is 873. The normalized spacial score (nSPS) is 18.3. The second kappa shape index (κ2) is 8.06. The summed E-state index contributed by atoms with van der Waals surface area (Å²) in [6.07, 6.45) is 3.36. The summed E-state index contributed by atoms with van der Waals surface area (Å²) in [5.74, 6) is 0.770. The van der Waals surface area contributed by atoms with Crippen molar-refractivity contribution in [1.82, 2.24) is 4.90 Å². The van der Waals surface area contributed by atoms with E-state index in [2.05, 4.69) is 30.5 Å². The molecule has 1 saturated heterocycles. The molecule has 0 atom stereocenters. The zero-order valence-corrected chi connectivity index (χ0v) is 18.8. The number of carbonyl (C=O) groups is 1. The van der Waals surface area contributed by atoms with Gasteiger partial charge in [-0.25, -0.2) is 4.79 Å². The van der Waals surface area contributed by atoms with Gasteiger partial charge >= 0.3 is 6.09 Å². The average Bonchev–Trinajstić information content (AvgIpc) is 3.13. The molecule has 160 valence electrons. The third kappa shape index (κ3) is 4.10. The van der Waals surface area contributed by atoms with E-state index in [4.69, 9.17) is 14.2 Å². The van der Waals surface area contributed by atoms with Crippen LogP contribution in [0.25, 0.3) is 0 Å². The highest BCUT2D eigenvalue weighted by Gasteiger charge is 2.51. The first kappa shape index (κ1) is 20.9. The highest BCUT2D eigenvalue weighted by Crippen LogP contribution is 2.50. The molecule has 1 fully saturated rings. The summed E-state index contributed by atoms with van der Waals surface area (Å²) in [6.45, 7) is 6.91. The van der Waals surface area contributed by atoms with E-state index in [9.17, 15) is 4.79 Å². The second-order valence-corrected chi connectivity index (χ2v) is 9.67. The topological polar surface area (TPSA) is 48.0 Å². The zero-order chi connectivity index (χ0) is 21.4. The summed E-state index contributed by atoms with van der Waals surface area (Å²) in [5, 5.41) is 0. The Hall–Kier alpha value is -2.34. The van der Waals surface area contributed by atoms with Crippen LogP contribution in [0.4, 0.5) is 4.79 Å². The van der Waals surface area contributed by atoms with Gasteiger partial charge < -0.3 is 19.1 Å². The van der Waals surface area contributed by atoms with Gasteiger partial charge in [0.05, 0.1) is 0 Å². The van der Waals surface area contributed by atoms with E-state index in [1.54, 1.807) is 16.7 Å². The van der Waals surface area contributed by atoms with E-state index in [0.717, 1.165) is 29.9 Å². The van der Waals surface area contributed by atoms with E-state index in [1.165, 1.54) is 4.90 Å². The van der Waals surface area contributed by atoms with E-state index in [-0.39, 0.29) is 12.0 Å². The number of para-hydroxylation sites is 2. The highest BCUT2D eigenvalue weighted by atomic mass is 32.2. The van der Waals surface area contributed by atoms with E-state index in [1.807, 2.05) is 45.0 Å². The average molecular weight is 428 g/mol. The lowest BCUT2D eigenvalue weighted by Crippen LogP contribution is -2.50. The van der Waals surface area contributed by atoms with E-state index >= 15 is 0 Å². The number of hydrogen-bond acceptors (Lipinski definition) is 5. The predicted octanol–water partition coefficient (Wildman–Crippen LogP) is 5.68. The van der Waals surface area contributed by atoms with Gasteiger partial charge in [-0.05, 0) is 64.1 Å². The first-order valence-corrected chi connectivity index (χ1v) is 11.6. The standard InChI is InChI=1S/C24H29NO4S/c1-23(2,3)29-22(26)25-15-13-18(14-16-25)24(17-9-11-19(30-4)12-10-17)27-20-7-5-6-8-21(20)28-24/h5-12,18H,13-16H2,1-4H3. The molecule has 0 aliphatic carbocycles. The lowest BCUT2D eigenvalue weighted by Gasteiger charge is -2.41. The van der Waals surface area contributed by atoms with E-state index < -0.39 is 11.4 Å². The molecule has 0 aromatic heterocycles. The summed E-state index contributed by atoms with van der Waals surface area (Å²) in [4.78, 5) is 15.5. The maximum Gasteiger partial charge on any atom is 0.410 e. The third-order valence-electron chi connectivity index (χ3n) is 5.55. The maximum absolute atomic E-state index is 12.5. The fourth-order valence-corrected chi connectivity index (χ4v) is 4.49. The number of thioether (sulfide) groups is 1. The molecule has 4 rings (SSSR count). The molecule has 2 heterocycles. The van der Waals surface area contributed by atoms with Crippen LogP contribution in [0.15, 0.2) is 53.4 Å². The summed E-state index contributed by atoms with van der Waals surface area (Å²) < 4.78 is 18.6. The lowest BCUT2D eigenvalue weighted by atomic mass is 9.84. The van der Waals surface area contributed by atoms with Gasteiger partial charge in [-0.3, -0.25) is 0 Å². The van der Waals surface area contributed by atoms with Crippen LogP contribution >= 0.6 is 11.8 Å². The van der Waals surface area contributed by atoms with Crippen molar-refractivity contribution in [3.05, 3.63) is 54.1 Å². The largest absolute Gasteiger partial charge is 0.444 e. The monoisotopic (exact) mass is 427 g/mol. The van der Waals surface area contributed by atoms with Gasteiger partial charge in [0.15, 0.2) is 11.5 Å². The summed E-state index contributed by atoms with van der Waals surface area (Å²) >= 11 is 1.71. The van der Waals surface area contributed by atoms with Crippen molar-refractivity contribution >= 4 is 17.9 Å². The molecule has 0 spiro atoms. The molecular formula is C24H29NO4S. The molecule has 0 radical (unpaired) electrons. The minimum absolute atomic E-state index is 0.115. The van der Waals surface area contributed by atoms with Gasteiger partial charge in [0.2, 0.25) is 0 Å². The molecule has 2 aliphatic heterocycles. The van der Waals surface area contributed by atoms with Crippen LogP contribution in [0.1, 0.15) is 39.2 Å². The number of carbonyl (C=O) groups excluding carboxylic acids is 1. The zero-order valence-electron chi connectivity index (χ0n) is 18.0. The van der Waals surface area contributed by atoms with Gasteiger partial charge in [0, 0.05) is 29.5 Å². The van der Waals surface area contributed by atoms with Crippen molar-refractivity contribution in [2.24, 2.45) is 5.92 Å². The number of hydrogen-bond donors (Lipinski definition) is 0. The van der Waals surface area contributed by atoms with Crippen molar-refractivity contribution in [2.45, 2.75) is 49.9 Å². The molecule has 30 heavy (non-hydrogen) atoms. The number of piperidine rings is 1. The molecule has 0 saturated carbocycles. The SMILES string of the molecule is CSc1ccc(C2(C3CCN(C(=O)OC(C)(C)C)CC3)Oc3ccccc3O2)cc1. The fourth-order valence-electron chi connectivity index (χ4n) is 4.08. The van der Waals surface area contributed by atoms with Crippen molar-refractivity contribution in [1.29, 1.82) is 0 Å². The highest BCUT2D eigenvalue weighted by molar-refractivity contribution is 7.98. The Balaban J connectivity index is 1.57. The second-order valence-electron chi connectivity index (χ2n) is 8.79. The molecule has 0 bridgehead atoms. The molecule has 2 aromatic rings. The Kier molecular flexibility index (Phi) is 5.62. The molecule has 5 nitrogen and oxygen atoms in total. The molecule has 0 unspecified atom stereocenters. The quantitative estimate of drug-likeness (QED) is 0.590. The minimum atomic E-state index is -0.874. The smallest absolute Gasteiger partial charge is 0.410 e. The number of likely N-dealkylation sites (tertiary alicyclic amines) is 1. The van der Waals surface area contributed by atoms with Crippen LogP contribution in [-0.2, 0) is 10.5 Å². The number of rotatable bonds is 3. The summed E-state index contributed by atoms with van der Waals surface area (Å²) in [6, 6.07) is 16.2. The molecule has 2 aliphatic rings. The Morgan fingerprint density at radius 1 is 1.03 bits per heavy atom. The molecule has 6 heteroatoms. The van der Waals surface area contributed by atoms with Crippen molar-refractivity contribution in [2.75, 3.05) is 19.3 Å².